The molecule has 5 nitrogen and oxygen atoms in total. The summed E-state index contributed by atoms with van der Waals surface area (Å²) >= 11 is 1.45. The van der Waals surface area contributed by atoms with Crippen molar-refractivity contribution in [3.63, 3.8) is 0 Å². The lowest BCUT2D eigenvalue weighted by Gasteiger charge is -2.16. The molecule has 1 N–H and O–H groups in total. The summed E-state index contributed by atoms with van der Waals surface area (Å²) in [6.07, 6.45) is 3.63. The number of rotatable bonds is 4. The minimum atomic E-state index is -0.118. The number of hydrogen-bond acceptors (Lipinski definition) is 4. The van der Waals surface area contributed by atoms with E-state index in [-0.39, 0.29) is 11.9 Å². The Morgan fingerprint density at radius 2 is 2.16 bits per heavy atom. The Bertz CT molecular complexity index is 573. The highest BCUT2D eigenvalue weighted by Crippen LogP contribution is 2.22. The van der Waals surface area contributed by atoms with Gasteiger partial charge in [0, 0.05) is 30.2 Å². The molecular formula is C13H18N4OS. The van der Waals surface area contributed by atoms with Crippen LogP contribution in [0.1, 0.15) is 31.3 Å². The fraction of sp³-hybridized carbons (Fsp3) is 0.462. The van der Waals surface area contributed by atoms with Crippen molar-refractivity contribution < 1.29 is 4.79 Å². The molecule has 0 aliphatic heterocycles. The Labute approximate surface area is 116 Å². The molecule has 2 rings (SSSR count). The molecule has 0 aliphatic carbocycles. The van der Waals surface area contributed by atoms with Gasteiger partial charge in [0.05, 0.1) is 6.20 Å². The molecule has 0 unspecified atom stereocenters. The highest BCUT2D eigenvalue weighted by molar-refractivity contribution is 7.13. The number of nitrogens with zero attached hydrogens (tertiary/aromatic N) is 3. The number of amides is 1. The summed E-state index contributed by atoms with van der Waals surface area (Å²) in [5.41, 5.74) is 1.40. The Balaban J connectivity index is 2.11. The van der Waals surface area contributed by atoms with E-state index in [1.165, 1.54) is 11.3 Å². The third-order valence-electron chi connectivity index (χ3n) is 3.05. The third kappa shape index (κ3) is 3.20. The number of thiazole rings is 1. The standard InChI is InChI=1S/C13H18N4OS/c1-8(2)9(3)15-12(18)11-7-19-13(16-11)10-5-14-17(4)6-10/h5-9H,1-4H3,(H,15,18)/t9-/m0/s1. The number of nitrogens with one attached hydrogen (secondary N) is 1. The van der Waals surface area contributed by atoms with Crippen molar-refractivity contribution in [3.05, 3.63) is 23.5 Å². The molecule has 0 aromatic carbocycles. The van der Waals surface area contributed by atoms with Crippen molar-refractivity contribution in [1.29, 1.82) is 0 Å². The predicted molar refractivity (Wildman–Crippen MR) is 76.1 cm³/mol. The van der Waals surface area contributed by atoms with Crippen molar-refractivity contribution in [3.8, 4) is 10.6 Å². The van der Waals surface area contributed by atoms with Gasteiger partial charge in [0.2, 0.25) is 0 Å². The number of carbonyl (C=O) groups is 1. The smallest absolute Gasteiger partial charge is 0.270 e. The first kappa shape index (κ1) is 13.7. The van der Waals surface area contributed by atoms with Gasteiger partial charge in [-0.15, -0.1) is 11.3 Å². The van der Waals surface area contributed by atoms with Gasteiger partial charge in [-0.05, 0) is 12.8 Å². The molecule has 0 fully saturated rings. The van der Waals surface area contributed by atoms with Gasteiger partial charge in [0.25, 0.3) is 5.91 Å². The van der Waals surface area contributed by atoms with E-state index >= 15 is 0 Å². The van der Waals surface area contributed by atoms with Crippen LogP contribution in [0.15, 0.2) is 17.8 Å². The number of aromatic nitrogens is 3. The number of hydrogen-bond donors (Lipinski definition) is 1. The molecule has 0 radical (unpaired) electrons. The molecule has 1 atom stereocenters. The van der Waals surface area contributed by atoms with E-state index in [1.54, 1.807) is 16.3 Å². The van der Waals surface area contributed by atoms with Gasteiger partial charge in [-0.1, -0.05) is 13.8 Å². The lowest BCUT2D eigenvalue weighted by molar-refractivity contribution is 0.0926. The van der Waals surface area contributed by atoms with Crippen molar-refractivity contribution in [2.45, 2.75) is 26.8 Å². The van der Waals surface area contributed by atoms with Crippen LogP contribution in [0.2, 0.25) is 0 Å². The monoisotopic (exact) mass is 278 g/mol. The molecule has 2 heterocycles. The van der Waals surface area contributed by atoms with E-state index in [1.807, 2.05) is 20.2 Å². The van der Waals surface area contributed by atoms with Gasteiger partial charge in [0.15, 0.2) is 0 Å². The van der Waals surface area contributed by atoms with E-state index < -0.39 is 0 Å². The largest absolute Gasteiger partial charge is 0.348 e. The summed E-state index contributed by atoms with van der Waals surface area (Å²) in [7, 11) is 1.86. The van der Waals surface area contributed by atoms with E-state index in [2.05, 4.69) is 29.2 Å². The SMILES string of the molecule is CC(C)[C@H](C)NC(=O)c1csc(-c2cnn(C)c2)n1. The second-order valence-corrected chi connectivity index (χ2v) is 5.80. The van der Waals surface area contributed by atoms with E-state index in [0.717, 1.165) is 10.6 Å². The fourth-order valence-electron chi connectivity index (χ4n) is 1.49. The van der Waals surface area contributed by atoms with Gasteiger partial charge < -0.3 is 5.32 Å². The summed E-state index contributed by atoms with van der Waals surface area (Å²) in [6.45, 7) is 6.15. The average Bonchev–Trinajstić information content (AvgIpc) is 2.96. The minimum Gasteiger partial charge on any atom is -0.348 e. The highest BCUT2D eigenvalue weighted by atomic mass is 32.1. The Kier molecular flexibility index (Phi) is 3.99. The molecule has 19 heavy (non-hydrogen) atoms. The lowest BCUT2D eigenvalue weighted by atomic mass is 10.1. The Morgan fingerprint density at radius 1 is 1.42 bits per heavy atom. The van der Waals surface area contributed by atoms with Gasteiger partial charge in [-0.25, -0.2) is 4.98 Å². The average molecular weight is 278 g/mol. The van der Waals surface area contributed by atoms with Crippen LogP contribution >= 0.6 is 11.3 Å². The van der Waals surface area contributed by atoms with E-state index in [0.29, 0.717) is 11.6 Å². The zero-order valence-corrected chi connectivity index (χ0v) is 12.4. The lowest BCUT2D eigenvalue weighted by Crippen LogP contribution is -2.36. The summed E-state index contributed by atoms with van der Waals surface area (Å²) in [6, 6.07) is 0.135. The zero-order chi connectivity index (χ0) is 14.0. The van der Waals surface area contributed by atoms with Gasteiger partial charge in [0.1, 0.15) is 10.7 Å². The van der Waals surface area contributed by atoms with Gasteiger partial charge >= 0.3 is 0 Å². The topological polar surface area (TPSA) is 59.8 Å². The second kappa shape index (κ2) is 5.52. The van der Waals surface area contributed by atoms with Crippen LogP contribution in [-0.2, 0) is 7.05 Å². The van der Waals surface area contributed by atoms with Crippen LogP contribution < -0.4 is 5.32 Å². The maximum Gasteiger partial charge on any atom is 0.270 e. The van der Waals surface area contributed by atoms with E-state index in [4.69, 9.17) is 0 Å². The molecule has 0 spiro atoms. The fourth-order valence-corrected chi connectivity index (χ4v) is 2.27. The maximum atomic E-state index is 12.0. The van der Waals surface area contributed by atoms with Gasteiger partial charge in [-0.3, -0.25) is 9.48 Å². The van der Waals surface area contributed by atoms with Crippen LogP contribution in [0, 0.1) is 5.92 Å². The molecule has 0 bridgehead atoms. The zero-order valence-electron chi connectivity index (χ0n) is 11.5. The molecule has 6 heteroatoms. The van der Waals surface area contributed by atoms with Gasteiger partial charge in [-0.2, -0.15) is 5.10 Å². The molecular weight excluding hydrogens is 260 g/mol. The van der Waals surface area contributed by atoms with Crippen LogP contribution in [-0.4, -0.2) is 26.7 Å². The van der Waals surface area contributed by atoms with Crippen molar-refractivity contribution in [2.24, 2.45) is 13.0 Å². The highest BCUT2D eigenvalue weighted by Gasteiger charge is 2.16. The first-order chi connectivity index (χ1) is 8.97. The third-order valence-corrected chi connectivity index (χ3v) is 3.94. The summed E-state index contributed by atoms with van der Waals surface area (Å²) in [5, 5.41) is 9.65. The first-order valence-corrected chi connectivity index (χ1v) is 7.10. The molecule has 0 saturated heterocycles. The van der Waals surface area contributed by atoms with Crippen molar-refractivity contribution in [1.82, 2.24) is 20.1 Å². The number of carbonyl (C=O) groups excluding carboxylic acids is 1. The van der Waals surface area contributed by atoms with Crippen LogP contribution in [0.5, 0.6) is 0 Å². The van der Waals surface area contributed by atoms with Crippen molar-refractivity contribution >= 4 is 17.2 Å². The molecule has 102 valence electrons. The summed E-state index contributed by atoms with van der Waals surface area (Å²) < 4.78 is 1.72. The quantitative estimate of drug-likeness (QED) is 0.933. The molecule has 2 aromatic heterocycles. The van der Waals surface area contributed by atoms with Crippen LogP contribution in [0.25, 0.3) is 10.6 Å². The van der Waals surface area contributed by atoms with Crippen LogP contribution in [0.4, 0.5) is 0 Å². The van der Waals surface area contributed by atoms with Crippen LogP contribution in [0.3, 0.4) is 0 Å². The normalized spacial score (nSPS) is 12.7. The molecule has 2 aromatic rings. The first-order valence-electron chi connectivity index (χ1n) is 6.22. The second-order valence-electron chi connectivity index (χ2n) is 4.95. The number of aryl methyl sites for hydroxylation is 1. The molecule has 1 amide bonds. The molecule has 0 aliphatic rings. The van der Waals surface area contributed by atoms with Crippen molar-refractivity contribution in [2.75, 3.05) is 0 Å². The predicted octanol–water partition coefficient (Wildman–Crippen LogP) is 2.32. The summed E-state index contributed by atoms with van der Waals surface area (Å²) in [4.78, 5) is 16.4. The van der Waals surface area contributed by atoms with E-state index in [9.17, 15) is 4.79 Å². The maximum absolute atomic E-state index is 12.0. The Morgan fingerprint density at radius 3 is 2.74 bits per heavy atom. The Hall–Kier alpha value is -1.69. The molecule has 0 saturated carbocycles. The summed E-state index contributed by atoms with van der Waals surface area (Å²) in [5.74, 6) is 0.285. The minimum absolute atomic E-state index is 0.118.